The number of halogens is 1. The van der Waals surface area contributed by atoms with E-state index in [1.165, 1.54) is 4.90 Å². The van der Waals surface area contributed by atoms with Gasteiger partial charge in [-0.3, -0.25) is 19.2 Å². The lowest BCUT2D eigenvalue weighted by Gasteiger charge is -2.39. The Morgan fingerprint density at radius 2 is 1.66 bits per heavy atom. The second-order valence-electron chi connectivity index (χ2n) is 14.4. The highest BCUT2D eigenvalue weighted by molar-refractivity contribution is 6.34. The number of aliphatic hydroxyl groups excluding tert-OH is 1. The van der Waals surface area contributed by atoms with Gasteiger partial charge in [0.25, 0.3) is 5.91 Å². The highest BCUT2D eigenvalue weighted by Crippen LogP contribution is 2.54. The van der Waals surface area contributed by atoms with Crippen LogP contribution in [0.2, 0.25) is 5.02 Å². The SMILES string of the molecule is Cc1cccc(Cl)c1N1CC=C[C@]23O[C@@H]4/C=C\CCC(=O)N(C)[C@H](C)[C@@H](c5ccccc5)OC(=O)[C@@H]4[C@H]2C(=O)N([C@@H](CO)Cc2ccccc2)[C@@H]3C1=O. The maximum Gasteiger partial charge on any atom is 0.313 e. The lowest BCUT2D eigenvalue weighted by molar-refractivity contribution is -0.164. The number of para-hydroxylation sites is 1. The number of aryl methyl sites for hydroxylation is 1. The largest absolute Gasteiger partial charge is 0.455 e. The zero-order valence-corrected chi connectivity index (χ0v) is 30.8. The molecule has 0 aliphatic carbocycles. The maximum absolute atomic E-state index is 15.2. The summed E-state index contributed by atoms with van der Waals surface area (Å²) in [6.45, 7) is 3.40. The predicted molar refractivity (Wildman–Crippen MR) is 200 cm³/mol. The van der Waals surface area contributed by atoms with Crippen LogP contribution in [-0.2, 0) is 35.1 Å². The molecule has 0 aromatic heterocycles. The van der Waals surface area contributed by atoms with Crippen LogP contribution < -0.4 is 4.90 Å². The lowest BCUT2D eigenvalue weighted by atomic mass is 9.77. The number of cyclic esters (lactones) is 1. The van der Waals surface area contributed by atoms with Crippen LogP contribution in [0.15, 0.2) is 103 Å². The topological polar surface area (TPSA) is 117 Å². The first-order valence-electron chi connectivity index (χ1n) is 18.1. The number of nitrogens with zero attached hydrogens (tertiary/aromatic N) is 3. The Kier molecular flexibility index (Phi) is 10.3. The number of rotatable bonds is 6. The fourth-order valence-corrected chi connectivity index (χ4v) is 8.85. The van der Waals surface area contributed by atoms with Crippen molar-refractivity contribution in [1.29, 1.82) is 0 Å². The van der Waals surface area contributed by atoms with E-state index in [2.05, 4.69) is 0 Å². The summed E-state index contributed by atoms with van der Waals surface area (Å²) in [7, 11) is 1.70. The number of carbonyl (C=O) groups excluding carboxylic acids is 4. The zero-order valence-electron chi connectivity index (χ0n) is 30.0. The molecule has 10 nitrogen and oxygen atoms in total. The molecule has 1 N–H and O–H groups in total. The van der Waals surface area contributed by atoms with Crippen molar-refractivity contribution in [3.05, 3.63) is 125 Å². The van der Waals surface area contributed by atoms with Gasteiger partial charge in [-0.1, -0.05) is 109 Å². The van der Waals surface area contributed by atoms with Gasteiger partial charge in [0.05, 0.1) is 41.4 Å². The summed E-state index contributed by atoms with van der Waals surface area (Å²) >= 11 is 6.74. The van der Waals surface area contributed by atoms with Crippen molar-refractivity contribution in [3.8, 4) is 0 Å². The number of anilines is 1. The molecule has 4 heterocycles. The first kappa shape index (κ1) is 36.6. The standard InChI is InChI=1S/C42H44ClN3O7/c1-26-14-12-19-31(43)36(26)45-23-13-22-42-35(39(49)46(38(42)40(45)50)30(25-47)24-28-15-6-4-7-16-28)34-32(53-42)20-10-11-21-33(48)44(3)27(2)37(52-41(34)51)29-17-8-5-9-18-29/h4-10,12-20,22,27,30,32,34-35,37-38,47H,11,21,23-25H2,1-3H3/b20-10-/t27-,30-,32-,34+,35+,37+,38-,42+/m1/s1. The van der Waals surface area contributed by atoms with Crippen molar-refractivity contribution < 1.29 is 33.8 Å². The number of hydrogen-bond donors (Lipinski definition) is 1. The number of amides is 3. The van der Waals surface area contributed by atoms with E-state index in [4.69, 9.17) is 21.1 Å². The molecule has 8 atom stereocenters. The number of hydrogen-bond acceptors (Lipinski definition) is 7. The minimum absolute atomic E-state index is 0.106. The van der Waals surface area contributed by atoms with Crippen LogP contribution in [0.3, 0.4) is 0 Å². The molecular weight excluding hydrogens is 694 g/mol. The first-order chi connectivity index (χ1) is 25.6. The number of likely N-dealkylation sites (tertiary alicyclic amines) is 1. The molecule has 0 saturated carbocycles. The van der Waals surface area contributed by atoms with Gasteiger partial charge in [-0.25, -0.2) is 0 Å². The summed E-state index contributed by atoms with van der Waals surface area (Å²) in [6.07, 6.45) is 6.11. The lowest BCUT2D eigenvalue weighted by Crippen LogP contribution is -2.58. The highest BCUT2D eigenvalue weighted by Gasteiger charge is 2.72. The molecule has 0 bridgehead atoms. The number of ether oxygens (including phenoxy) is 2. The molecule has 3 aromatic rings. The van der Waals surface area contributed by atoms with Gasteiger partial charge in [0, 0.05) is 20.0 Å². The Morgan fingerprint density at radius 3 is 2.36 bits per heavy atom. The molecule has 2 fully saturated rings. The van der Waals surface area contributed by atoms with Gasteiger partial charge in [0.1, 0.15) is 23.7 Å². The molecule has 4 aliphatic heterocycles. The monoisotopic (exact) mass is 737 g/mol. The molecule has 11 heteroatoms. The molecule has 1 spiro atoms. The van der Waals surface area contributed by atoms with Crippen LogP contribution in [0, 0.1) is 18.8 Å². The summed E-state index contributed by atoms with van der Waals surface area (Å²) in [6, 6.07) is 21.4. The van der Waals surface area contributed by atoms with Gasteiger partial charge in [-0.2, -0.15) is 0 Å². The molecule has 4 aliphatic rings. The molecule has 276 valence electrons. The molecular formula is C42H44ClN3O7. The highest BCUT2D eigenvalue weighted by atomic mass is 35.5. The number of carbonyl (C=O) groups is 4. The number of likely N-dealkylation sites (N-methyl/N-ethyl adjacent to an activating group) is 1. The fourth-order valence-electron chi connectivity index (χ4n) is 8.52. The van der Waals surface area contributed by atoms with Crippen LogP contribution >= 0.6 is 11.6 Å². The second-order valence-corrected chi connectivity index (χ2v) is 14.8. The van der Waals surface area contributed by atoms with E-state index in [1.807, 2.05) is 86.6 Å². The number of benzene rings is 3. The second kappa shape index (κ2) is 14.9. The van der Waals surface area contributed by atoms with Crippen LogP contribution in [0.1, 0.15) is 42.6 Å². The van der Waals surface area contributed by atoms with Crippen LogP contribution in [0.5, 0.6) is 0 Å². The third-order valence-corrected chi connectivity index (χ3v) is 11.5. The van der Waals surface area contributed by atoms with E-state index in [1.54, 1.807) is 47.2 Å². The molecule has 3 amide bonds. The Labute approximate surface area is 314 Å². The number of allylic oxidation sites excluding steroid dienone is 1. The van der Waals surface area contributed by atoms with E-state index < -0.39 is 72.2 Å². The summed E-state index contributed by atoms with van der Waals surface area (Å²) in [5.41, 5.74) is 1.25. The minimum atomic E-state index is -1.60. The van der Waals surface area contributed by atoms with Gasteiger partial charge < -0.3 is 29.3 Å². The summed E-state index contributed by atoms with van der Waals surface area (Å²) < 4.78 is 13.3. The molecule has 53 heavy (non-hydrogen) atoms. The number of aliphatic hydroxyl groups is 1. The molecule has 7 rings (SSSR count). The summed E-state index contributed by atoms with van der Waals surface area (Å²) in [5, 5.41) is 11.3. The minimum Gasteiger partial charge on any atom is -0.455 e. The van der Waals surface area contributed by atoms with E-state index in [-0.39, 0.29) is 25.3 Å². The average Bonchev–Trinajstić information content (AvgIpc) is 3.56. The van der Waals surface area contributed by atoms with Crippen molar-refractivity contribution in [2.75, 3.05) is 25.1 Å². The number of fused-ring (bicyclic) bond motifs is 2. The first-order valence-corrected chi connectivity index (χ1v) is 18.5. The maximum atomic E-state index is 15.2. The average molecular weight is 738 g/mol. The van der Waals surface area contributed by atoms with Crippen molar-refractivity contribution in [3.63, 3.8) is 0 Å². The molecule has 0 radical (unpaired) electrons. The summed E-state index contributed by atoms with van der Waals surface area (Å²) in [5.74, 6) is -4.02. The van der Waals surface area contributed by atoms with Gasteiger partial charge >= 0.3 is 5.97 Å². The smallest absolute Gasteiger partial charge is 0.313 e. The predicted octanol–water partition coefficient (Wildman–Crippen LogP) is 5.22. The Hall–Kier alpha value is -4.77. The van der Waals surface area contributed by atoms with Crippen LogP contribution in [-0.4, -0.2) is 88.6 Å². The molecule has 0 unspecified atom stereocenters. The van der Waals surface area contributed by atoms with Crippen LogP contribution in [0.25, 0.3) is 0 Å². The van der Waals surface area contributed by atoms with Gasteiger partial charge in [-0.15, -0.1) is 0 Å². The van der Waals surface area contributed by atoms with Gasteiger partial charge in [0.2, 0.25) is 11.8 Å². The Bertz CT molecular complexity index is 1920. The van der Waals surface area contributed by atoms with Crippen molar-refractivity contribution in [1.82, 2.24) is 9.80 Å². The van der Waals surface area contributed by atoms with Gasteiger partial charge in [0.15, 0.2) is 0 Å². The van der Waals surface area contributed by atoms with E-state index in [9.17, 15) is 14.7 Å². The zero-order chi connectivity index (χ0) is 37.4. The van der Waals surface area contributed by atoms with Crippen molar-refractivity contribution >= 4 is 41.0 Å². The molecule has 2 saturated heterocycles. The third kappa shape index (κ3) is 6.47. The number of esters is 1. The van der Waals surface area contributed by atoms with Crippen molar-refractivity contribution in [2.45, 2.75) is 69.0 Å². The Balaban J connectivity index is 1.37. The van der Waals surface area contributed by atoms with Crippen molar-refractivity contribution in [2.24, 2.45) is 11.8 Å². The van der Waals surface area contributed by atoms with E-state index in [0.29, 0.717) is 22.7 Å². The summed E-state index contributed by atoms with van der Waals surface area (Å²) in [4.78, 5) is 63.0. The third-order valence-electron chi connectivity index (χ3n) is 11.2. The normalized spacial score (nSPS) is 30.1. The van der Waals surface area contributed by atoms with Crippen LogP contribution in [0.4, 0.5) is 5.69 Å². The fraction of sp³-hybridized carbons (Fsp3) is 0.381. The van der Waals surface area contributed by atoms with E-state index >= 15 is 9.59 Å². The van der Waals surface area contributed by atoms with E-state index in [0.717, 1.165) is 11.1 Å². The quantitative estimate of drug-likeness (QED) is 0.273. The Morgan fingerprint density at radius 1 is 0.943 bits per heavy atom. The molecule has 3 aromatic carbocycles. The van der Waals surface area contributed by atoms with Gasteiger partial charge in [-0.05, 0) is 49.4 Å².